The Hall–Kier alpha value is -3.39. The predicted octanol–water partition coefficient (Wildman–Crippen LogP) is 3.51. The average Bonchev–Trinajstić information content (AvgIpc) is 2.74. The molecule has 0 unspecified atom stereocenters. The van der Waals surface area contributed by atoms with Crippen LogP contribution in [0.4, 0.5) is 11.4 Å². The molecule has 0 aliphatic rings. The van der Waals surface area contributed by atoms with Crippen LogP contribution < -0.4 is 20.9 Å². The van der Waals surface area contributed by atoms with Crippen molar-refractivity contribution in [1.82, 2.24) is 5.48 Å². The van der Waals surface area contributed by atoms with Gasteiger partial charge in [0.2, 0.25) is 5.91 Å². The van der Waals surface area contributed by atoms with Gasteiger partial charge in [0, 0.05) is 17.7 Å². The number of para-hydroxylation sites is 2. The molecule has 2 aromatic carbocycles. The molecule has 0 atom stereocenters. The molecule has 2 aromatic rings. The van der Waals surface area contributed by atoms with E-state index in [1.165, 1.54) is 7.11 Å². The average molecular weight is 413 g/mol. The van der Waals surface area contributed by atoms with Gasteiger partial charge in [0.25, 0.3) is 11.8 Å². The molecule has 0 saturated heterocycles. The number of hydrogen-bond donors (Lipinski definition) is 3. The minimum absolute atomic E-state index is 0.248. The van der Waals surface area contributed by atoms with Crippen molar-refractivity contribution in [2.45, 2.75) is 32.6 Å². The SMILES string of the molecule is CCCCCC(=O)NOCC(=O)Nc1ccc(C(=O)Nc2ccccc2OC)cc1. The molecule has 0 heterocycles. The summed E-state index contributed by atoms with van der Waals surface area (Å²) >= 11 is 0. The Morgan fingerprint density at radius 1 is 0.900 bits per heavy atom. The Morgan fingerprint density at radius 3 is 2.33 bits per heavy atom. The summed E-state index contributed by atoms with van der Waals surface area (Å²) in [7, 11) is 1.53. The highest BCUT2D eigenvalue weighted by Crippen LogP contribution is 2.23. The summed E-state index contributed by atoms with van der Waals surface area (Å²) in [5.74, 6) is -0.407. The number of anilines is 2. The van der Waals surface area contributed by atoms with Gasteiger partial charge in [-0.3, -0.25) is 19.2 Å². The van der Waals surface area contributed by atoms with Gasteiger partial charge < -0.3 is 15.4 Å². The smallest absolute Gasteiger partial charge is 0.255 e. The van der Waals surface area contributed by atoms with E-state index in [4.69, 9.17) is 9.57 Å². The summed E-state index contributed by atoms with van der Waals surface area (Å²) < 4.78 is 5.22. The highest BCUT2D eigenvalue weighted by molar-refractivity contribution is 6.05. The van der Waals surface area contributed by atoms with Gasteiger partial charge in [-0.15, -0.1) is 0 Å². The van der Waals surface area contributed by atoms with Crippen molar-refractivity contribution in [1.29, 1.82) is 0 Å². The molecule has 0 aliphatic heterocycles. The number of benzene rings is 2. The second-order valence-corrected chi connectivity index (χ2v) is 6.55. The van der Waals surface area contributed by atoms with Crippen molar-refractivity contribution in [2.24, 2.45) is 0 Å². The third-order valence-corrected chi connectivity index (χ3v) is 4.18. The van der Waals surface area contributed by atoms with E-state index in [0.717, 1.165) is 19.3 Å². The molecule has 0 spiro atoms. The first kappa shape index (κ1) is 22.9. The monoisotopic (exact) mass is 413 g/mol. The number of unbranched alkanes of at least 4 members (excludes halogenated alkanes) is 2. The largest absolute Gasteiger partial charge is 0.495 e. The van der Waals surface area contributed by atoms with Gasteiger partial charge in [-0.25, -0.2) is 5.48 Å². The van der Waals surface area contributed by atoms with Gasteiger partial charge in [-0.2, -0.15) is 0 Å². The van der Waals surface area contributed by atoms with Crippen molar-refractivity contribution >= 4 is 29.1 Å². The van der Waals surface area contributed by atoms with Crippen LogP contribution in [0.25, 0.3) is 0 Å². The third kappa shape index (κ3) is 7.56. The first-order chi connectivity index (χ1) is 14.5. The highest BCUT2D eigenvalue weighted by Gasteiger charge is 2.10. The zero-order valence-corrected chi connectivity index (χ0v) is 17.2. The lowest BCUT2D eigenvalue weighted by atomic mass is 10.2. The van der Waals surface area contributed by atoms with Crippen molar-refractivity contribution in [3.8, 4) is 5.75 Å². The topological polar surface area (TPSA) is 106 Å². The summed E-state index contributed by atoms with van der Waals surface area (Å²) in [5.41, 5.74) is 3.75. The van der Waals surface area contributed by atoms with Crippen LogP contribution in [0.15, 0.2) is 48.5 Å². The molecule has 0 aromatic heterocycles. The van der Waals surface area contributed by atoms with E-state index in [1.54, 1.807) is 42.5 Å². The molecule has 0 saturated carbocycles. The van der Waals surface area contributed by atoms with Gasteiger partial charge in [0.05, 0.1) is 12.8 Å². The third-order valence-electron chi connectivity index (χ3n) is 4.18. The van der Waals surface area contributed by atoms with E-state index in [2.05, 4.69) is 23.0 Å². The molecule has 8 nitrogen and oxygen atoms in total. The van der Waals surface area contributed by atoms with Crippen LogP contribution in [0, 0.1) is 0 Å². The van der Waals surface area contributed by atoms with Crippen LogP contribution in [-0.4, -0.2) is 31.4 Å². The fraction of sp³-hybridized carbons (Fsp3) is 0.318. The number of hydrogen-bond acceptors (Lipinski definition) is 5. The summed E-state index contributed by atoms with van der Waals surface area (Å²) in [4.78, 5) is 40.7. The Balaban J connectivity index is 1.79. The van der Waals surface area contributed by atoms with Crippen molar-refractivity contribution in [3.63, 3.8) is 0 Å². The van der Waals surface area contributed by atoms with Crippen LogP contribution in [0.1, 0.15) is 43.0 Å². The molecule has 0 aliphatic carbocycles. The number of hydroxylamine groups is 1. The molecular weight excluding hydrogens is 386 g/mol. The molecule has 3 amide bonds. The van der Waals surface area contributed by atoms with Crippen LogP contribution in [-0.2, 0) is 14.4 Å². The molecule has 8 heteroatoms. The lowest BCUT2D eigenvalue weighted by Gasteiger charge is -2.10. The Kier molecular flexibility index (Phi) is 9.33. The van der Waals surface area contributed by atoms with E-state index in [1.807, 2.05) is 6.07 Å². The van der Waals surface area contributed by atoms with Crippen molar-refractivity contribution in [3.05, 3.63) is 54.1 Å². The zero-order chi connectivity index (χ0) is 21.8. The molecule has 0 radical (unpaired) electrons. The lowest BCUT2D eigenvalue weighted by Crippen LogP contribution is -2.28. The Bertz CT molecular complexity index is 852. The van der Waals surface area contributed by atoms with Gasteiger partial charge in [0.15, 0.2) is 6.61 Å². The number of ether oxygens (including phenoxy) is 1. The first-order valence-electron chi connectivity index (χ1n) is 9.78. The van der Waals surface area contributed by atoms with Gasteiger partial charge in [-0.05, 0) is 42.8 Å². The molecule has 30 heavy (non-hydrogen) atoms. The van der Waals surface area contributed by atoms with Crippen molar-refractivity contribution < 1.29 is 24.0 Å². The molecule has 0 fully saturated rings. The summed E-state index contributed by atoms with van der Waals surface area (Å²) in [6, 6.07) is 13.5. The second kappa shape index (κ2) is 12.2. The molecule has 3 N–H and O–H groups in total. The lowest BCUT2D eigenvalue weighted by molar-refractivity contribution is -0.137. The number of carbonyl (C=O) groups is 3. The van der Waals surface area contributed by atoms with Gasteiger partial charge >= 0.3 is 0 Å². The maximum Gasteiger partial charge on any atom is 0.255 e. The minimum atomic E-state index is -0.421. The van der Waals surface area contributed by atoms with Crippen LogP contribution in [0.2, 0.25) is 0 Å². The van der Waals surface area contributed by atoms with Crippen LogP contribution >= 0.6 is 0 Å². The van der Waals surface area contributed by atoms with E-state index in [0.29, 0.717) is 29.1 Å². The quantitative estimate of drug-likeness (QED) is 0.386. The van der Waals surface area contributed by atoms with Crippen molar-refractivity contribution in [2.75, 3.05) is 24.4 Å². The van der Waals surface area contributed by atoms with Crippen LogP contribution in [0.3, 0.4) is 0 Å². The van der Waals surface area contributed by atoms with Crippen LogP contribution in [0.5, 0.6) is 5.75 Å². The Labute approximate surface area is 175 Å². The van der Waals surface area contributed by atoms with E-state index in [9.17, 15) is 14.4 Å². The van der Waals surface area contributed by atoms with E-state index < -0.39 is 5.91 Å². The fourth-order valence-electron chi connectivity index (χ4n) is 2.61. The standard InChI is InChI=1S/C22H27N3O5/c1-3-4-5-10-20(26)25-30-15-21(27)23-17-13-11-16(12-14-17)22(28)24-18-8-6-7-9-19(18)29-2/h6-9,11-14H,3-5,10,15H2,1-2H3,(H,23,27)(H,24,28)(H,25,26). The maximum absolute atomic E-state index is 12.4. The highest BCUT2D eigenvalue weighted by atomic mass is 16.7. The van der Waals surface area contributed by atoms with Gasteiger partial charge in [0.1, 0.15) is 5.75 Å². The number of methoxy groups -OCH3 is 1. The molecule has 160 valence electrons. The summed E-state index contributed by atoms with van der Waals surface area (Å²) in [6.07, 6.45) is 3.15. The maximum atomic E-state index is 12.4. The fourth-order valence-corrected chi connectivity index (χ4v) is 2.61. The molecular formula is C22H27N3O5. The number of rotatable bonds is 11. The second-order valence-electron chi connectivity index (χ2n) is 6.55. The summed E-state index contributed by atoms with van der Waals surface area (Å²) in [5, 5.41) is 5.42. The van der Waals surface area contributed by atoms with E-state index in [-0.39, 0.29) is 18.4 Å². The Morgan fingerprint density at radius 2 is 1.63 bits per heavy atom. The molecule has 0 bridgehead atoms. The minimum Gasteiger partial charge on any atom is -0.495 e. The number of nitrogens with one attached hydrogen (secondary N) is 3. The van der Waals surface area contributed by atoms with E-state index >= 15 is 0 Å². The number of amides is 3. The molecule has 2 rings (SSSR count). The first-order valence-corrected chi connectivity index (χ1v) is 9.78. The zero-order valence-electron chi connectivity index (χ0n) is 17.2. The predicted molar refractivity (Wildman–Crippen MR) is 114 cm³/mol. The van der Waals surface area contributed by atoms with Gasteiger partial charge in [-0.1, -0.05) is 31.9 Å². The number of carbonyl (C=O) groups excluding carboxylic acids is 3. The normalized spacial score (nSPS) is 10.2. The summed E-state index contributed by atoms with van der Waals surface area (Å²) in [6.45, 7) is 1.74.